The Kier molecular flexibility index (Phi) is 4.20. The van der Waals surface area contributed by atoms with Gasteiger partial charge in [-0.05, 0) is 18.9 Å². The van der Waals surface area contributed by atoms with Crippen molar-refractivity contribution in [2.45, 2.75) is 13.3 Å². The van der Waals surface area contributed by atoms with Crippen LogP contribution < -0.4 is 0 Å². The van der Waals surface area contributed by atoms with Gasteiger partial charge in [0.1, 0.15) is 5.41 Å². The van der Waals surface area contributed by atoms with Crippen molar-refractivity contribution >= 4 is 5.97 Å². The lowest BCUT2D eigenvalue weighted by Crippen LogP contribution is -2.38. The summed E-state index contributed by atoms with van der Waals surface area (Å²) in [7, 11) is 1.24. The SMILES string of the molecule is COC(=O)C(C)(Cc1ccccc1)C[N+](=O)[O-]. The molecular formula is C12H15NO4. The molecule has 0 aliphatic heterocycles. The second-order valence-electron chi connectivity index (χ2n) is 4.21. The summed E-state index contributed by atoms with van der Waals surface area (Å²) in [5.41, 5.74) is -0.248. The van der Waals surface area contributed by atoms with Crippen LogP contribution in [0.3, 0.4) is 0 Å². The summed E-state index contributed by atoms with van der Waals surface area (Å²) in [5, 5.41) is 10.6. The number of nitrogens with zero attached hydrogens (tertiary/aromatic N) is 1. The Morgan fingerprint density at radius 1 is 1.41 bits per heavy atom. The van der Waals surface area contributed by atoms with Gasteiger partial charge in [0.15, 0.2) is 0 Å². The van der Waals surface area contributed by atoms with Crippen LogP contribution in [0.15, 0.2) is 30.3 Å². The fraction of sp³-hybridized carbons (Fsp3) is 0.417. The van der Waals surface area contributed by atoms with Crippen molar-refractivity contribution in [3.8, 4) is 0 Å². The molecule has 1 atom stereocenters. The highest BCUT2D eigenvalue weighted by Crippen LogP contribution is 2.24. The largest absolute Gasteiger partial charge is 0.468 e. The Hall–Kier alpha value is -1.91. The van der Waals surface area contributed by atoms with E-state index < -0.39 is 22.9 Å². The first kappa shape index (κ1) is 13.2. The molecule has 17 heavy (non-hydrogen) atoms. The summed E-state index contributed by atoms with van der Waals surface area (Å²) in [4.78, 5) is 21.8. The summed E-state index contributed by atoms with van der Waals surface area (Å²) >= 11 is 0. The van der Waals surface area contributed by atoms with E-state index in [-0.39, 0.29) is 0 Å². The van der Waals surface area contributed by atoms with E-state index in [9.17, 15) is 14.9 Å². The quantitative estimate of drug-likeness (QED) is 0.444. The average molecular weight is 237 g/mol. The molecule has 0 heterocycles. The molecule has 1 aromatic rings. The average Bonchev–Trinajstić information content (AvgIpc) is 2.28. The molecule has 0 aromatic heterocycles. The van der Waals surface area contributed by atoms with Crippen LogP contribution in [0.2, 0.25) is 0 Å². The molecule has 92 valence electrons. The molecule has 0 saturated heterocycles. The normalized spacial score (nSPS) is 13.8. The van der Waals surface area contributed by atoms with E-state index in [0.29, 0.717) is 6.42 Å². The van der Waals surface area contributed by atoms with Gasteiger partial charge in [-0.3, -0.25) is 14.9 Å². The summed E-state index contributed by atoms with van der Waals surface area (Å²) in [5.74, 6) is -0.557. The van der Waals surface area contributed by atoms with Crippen molar-refractivity contribution in [2.75, 3.05) is 13.7 Å². The summed E-state index contributed by atoms with van der Waals surface area (Å²) < 4.78 is 4.65. The number of hydrogen-bond donors (Lipinski definition) is 0. The van der Waals surface area contributed by atoms with Gasteiger partial charge in [-0.15, -0.1) is 0 Å². The van der Waals surface area contributed by atoms with E-state index in [4.69, 9.17) is 0 Å². The van der Waals surface area contributed by atoms with E-state index in [1.807, 2.05) is 30.3 Å². The van der Waals surface area contributed by atoms with E-state index in [1.165, 1.54) is 7.11 Å². The highest BCUT2D eigenvalue weighted by atomic mass is 16.6. The molecule has 0 amide bonds. The van der Waals surface area contributed by atoms with Gasteiger partial charge in [-0.1, -0.05) is 30.3 Å². The van der Waals surface area contributed by atoms with Gasteiger partial charge in [-0.2, -0.15) is 0 Å². The Labute approximate surface area is 99.5 Å². The third-order valence-corrected chi connectivity index (χ3v) is 2.59. The molecule has 0 N–H and O–H groups in total. The predicted molar refractivity (Wildman–Crippen MR) is 62.1 cm³/mol. The zero-order valence-electron chi connectivity index (χ0n) is 9.88. The Bertz CT molecular complexity index is 404. The molecule has 0 spiro atoms. The highest BCUT2D eigenvalue weighted by Gasteiger charge is 2.39. The number of nitro groups is 1. The number of esters is 1. The molecule has 0 radical (unpaired) electrons. The van der Waals surface area contributed by atoms with E-state index in [1.54, 1.807) is 6.92 Å². The van der Waals surface area contributed by atoms with E-state index in [2.05, 4.69) is 4.74 Å². The number of carbonyl (C=O) groups is 1. The fourth-order valence-electron chi connectivity index (χ4n) is 1.77. The minimum absolute atomic E-state index is 0.293. The molecule has 0 fully saturated rings. The number of rotatable bonds is 5. The first-order valence-electron chi connectivity index (χ1n) is 5.22. The van der Waals surface area contributed by atoms with Crippen LogP contribution in [0.1, 0.15) is 12.5 Å². The van der Waals surface area contributed by atoms with Crippen molar-refractivity contribution in [1.29, 1.82) is 0 Å². The molecule has 0 bridgehead atoms. The minimum atomic E-state index is -1.13. The van der Waals surface area contributed by atoms with Gasteiger partial charge >= 0.3 is 5.97 Å². The second-order valence-corrected chi connectivity index (χ2v) is 4.21. The maximum absolute atomic E-state index is 11.6. The lowest BCUT2D eigenvalue weighted by atomic mass is 9.83. The number of benzene rings is 1. The van der Waals surface area contributed by atoms with Gasteiger partial charge in [0, 0.05) is 4.92 Å². The van der Waals surface area contributed by atoms with Gasteiger partial charge in [0.25, 0.3) is 0 Å². The Balaban J connectivity index is 2.91. The number of methoxy groups -OCH3 is 1. The van der Waals surface area contributed by atoms with Crippen LogP contribution in [0, 0.1) is 15.5 Å². The van der Waals surface area contributed by atoms with E-state index in [0.717, 1.165) is 5.56 Å². The molecule has 5 heteroatoms. The van der Waals surface area contributed by atoms with Crippen LogP contribution in [0.5, 0.6) is 0 Å². The Morgan fingerprint density at radius 3 is 2.47 bits per heavy atom. The monoisotopic (exact) mass is 237 g/mol. The molecule has 5 nitrogen and oxygen atoms in total. The van der Waals surface area contributed by atoms with E-state index >= 15 is 0 Å². The summed E-state index contributed by atoms with van der Waals surface area (Å²) in [6, 6.07) is 9.19. The minimum Gasteiger partial charge on any atom is -0.468 e. The number of ether oxygens (including phenoxy) is 1. The van der Waals surface area contributed by atoms with Crippen molar-refractivity contribution < 1.29 is 14.5 Å². The molecule has 1 aromatic carbocycles. The molecular weight excluding hydrogens is 222 g/mol. The molecule has 1 rings (SSSR count). The maximum atomic E-state index is 11.6. The predicted octanol–water partition coefficient (Wildman–Crippen LogP) is 1.69. The zero-order chi connectivity index (χ0) is 12.9. The first-order chi connectivity index (χ1) is 7.98. The molecule has 0 saturated carbocycles. The molecule has 0 aliphatic carbocycles. The van der Waals surface area contributed by atoms with Crippen LogP contribution in [-0.4, -0.2) is 24.5 Å². The first-order valence-corrected chi connectivity index (χ1v) is 5.22. The van der Waals surface area contributed by atoms with Crippen LogP contribution in [0.25, 0.3) is 0 Å². The standard InChI is InChI=1S/C12H15NO4/c1-12(9-13(15)16,11(14)17-2)8-10-6-4-3-5-7-10/h3-7H,8-9H2,1-2H3. The Morgan fingerprint density at radius 2 is 2.00 bits per heavy atom. The van der Waals surface area contributed by atoms with Crippen LogP contribution >= 0.6 is 0 Å². The van der Waals surface area contributed by atoms with Gasteiger partial charge < -0.3 is 4.74 Å². The van der Waals surface area contributed by atoms with Crippen molar-refractivity contribution in [3.05, 3.63) is 46.0 Å². The van der Waals surface area contributed by atoms with Crippen molar-refractivity contribution in [3.63, 3.8) is 0 Å². The van der Waals surface area contributed by atoms with Crippen LogP contribution in [-0.2, 0) is 16.0 Å². The smallest absolute Gasteiger partial charge is 0.318 e. The van der Waals surface area contributed by atoms with Gasteiger partial charge in [0.05, 0.1) is 7.11 Å². The second kappa shape index (κ2) is 5.43. The number of hydrogen-bond acceptors (Lipinski definition) is 4. The third kappa shape index (κ3) is 3.55. The van der Waals surface area contributed by atoms with Gasteiger partial charge in [0.2, 0.25) is 6.54 Å². The topological polar surface area (TPSA) is 69.4 Å². The lowest BCUT2D eigenvalue weighted by Gasteiger charge is -2.22. The maximum Gasteiger partial charge on any atom is 0.318 e. The van der Waals surface area contributed by atoms with Crippen molar-refractivity contribution in [1.82, 2.24) is 0 Å². The van der Waals surface area contributed by atoms with Crippen molar-refractivity contribution in [2.24, 2.45) is 5.41 Å². The van der Waals surface area contributed by atoms with Crippen LogP contribution in [0.4, 0.5) is 0 Å². The highest BCUT2D eigenvalue weighted by molar-refractivity contribution is 5.76. The molecule has 0 aliphatic rings. The zero-order valence-corrected chi connectivity index (χ0v) is 9.88. The third-order valence-electron chi connectivity index (χ3n) is 2.59. The lowest BCUT2D eigenvalue weighted by molar-refractivity contribution is -0.493. The summed E-state index contributed by atoms with van der Waals surface area (Å²) in [6.45, 7) is 1.11. The summed E-state index contributed by atoms with van der Waals surface area (Å²) in [6.07, 6.45) is 0.293. The number of carbonyl (C=O) groups excluding carboxylic acids is 1. The molecule has 1 unspecified atom stereocenters. The fourth-order valence-corrected chi connectivity index (χ4v) is 1.77. The van der Waals surface area contributed by atoms with Gasteiger partial charge in [-0.25, -0.2) is 0 Å².